The summed E-state index contributed by atoms with van der Waals surface area (Å²) in [5, 5.41) is 15.8. The lowest BCUT2D eigenvalue weighted by atomic mass is 10.1. The number of carboxylic acid groups (broad SMARTS) is 1. The van der Waals surface area contributed by atoms with Gasteiger partial charge in [-0.25, -0.2) is 4.68 Å². The SMILES string of the molecule is CN[C@H](CC(=O)N1CCc2cc(OCc3cc(C(F)(F)F)n(-c4ccccc4)n3)ccc21)C(=O)O. The van der Waals surface area contributed by atoms with Crippen molar-refractivity contribution in [1.82, 2.24) is 15.1 Å². The molecule has 2 aromatic carbocycles. The number of aromatic nitrogens is 2. The number of alkyl halides is 3. The maximum Gasteiger partial charge on any atom is 0.433 e. The Morgan fingerprint density at radius 1 is 1.17 bits per heavy atom. The number of rotatable bonds is 8. The predicted octanol–water partition coefficient (Wildman–Crippen LogP) is 3.42. The Morgan fingerprint density at radius 2 is 1.91 bits per heavy atom. The van der Waals surface area contributed by atoms with E-state index in [-0.39, 0.29) is 30.3 Å². The zero-order chi connectivity index (χ0) is 25.2. The van der Waals surface area contributed by atoms with Gasteiger partial charge in [-0.1, -0.05) is 18.2 Å². The van der Waals surface area contributed by atoms with Crippen LogP contribution in [0.2, 0.25) is 0 Å². The van der Waals surface area contributed by atoms with Crippen LogP contribution in [0.5, 0.6) is 5.75 Å². The summed E-state index contributed by atoms with van der Waals surface area (Å²) in [6, 6.07) is 13.1. The van der Waals surface area contributed by atoms with Crippen molar-refractivity contribution in [2.45, 2.75) is 31.7 Å². The molecule has 0 spiro atoms. The summed E-state index contributed by atoms with van der Waals surface area (Å²) in [5.74, 6) is -0.989. The highest BCUT2D eigenvalue weighted by atomic mass is 19.4. The molecule has 1 aromatic heterocycles. The van der Waals surface area contributed by atoms with Gasteiger partial charge in [-0.3, -0.25) is 9.59 Å². The largest absolute Gasteiger partial charge is 0.487 e. The number of likely N-dealkylation sites (N-methyl/N-ethyl adjacent to an activating group) is 1. The fraction of sp³-hybridized carbons (Fsp3) is 0.292. The Hall–Kier alpha value is -3.86. The van der Waals surface area contributed by atoms with Gasteiger partial charge in [-0.05, 0) is 55.4 Å². The molecule has 0 unspecified atom stereocenters. The first-order chi connectivity index (χ1) is 16.7. The van der Waals surface area contributed by atoms with E-state index in [1.54, 1.807) is 36.4 Å². The lowest BCUT2D eigenvalue weighted by Gasteiger charge is -2.20. The number of nitrogens with zero attached hydrogens (tertiary/aromatic N) is 3. The Morgan fingerprint density at radius 3 is 2.57 bits per heavy atom. The van der Waals surface area contributed by atoms with Crippen molar-refractivity contribution in [3.8, 4) is 11.4 Å². The van der Waals surface area contributed by atoms with Crippen molar-refractivity contribution in [1.29, 1.82) is 0 Å². The van der Waals surface area contributed by atoms with Crippen LogP contribution in [0.1, 0.15) is 23.4 Å². The fourth-order valence-corrected chi connectivity index (χ4v) is 3.95. The fourth-order valence-electron chi connectivity index (χ4n) is 3.95. The van der Waals surface area contributed by atoms with Crippen LogP contribution >= 0.6 is 0 Å². The monoisotopic (exact) mass is 488 g/mol. The lowest BCUT2D eigenvalue weighted by Crippen LogP contribution is -2.40. The number of anilines is 1. The van der Waals surface area contributed by atoms with E-state index < -0.39 is 23.9 Å². The summed E-state index contributed by atoms with van der Waals surface area (Å²) >= 11 is 0. The van der Waals surface area contributed by atoms with Gasteiger partial charge >= 0.3 is 12.1 Å². The van der Waals surface area contributed by atoms with Crippen LogP contribution in [-0.2, 0) is 28.8 Å². The second kappa shape index (κ2) is 9.79. The number of amides is 1. The summed E-state index contributed by atoms with van der Waals surface area (Å²) in [6.07, 6.45) is -4.22. The average molecular weight is 488 g/mol. The second-order valence-electron chi connectivity index (χ2n) is 8.02. The van der Waals surface area contributed by atoms with Gasteiger partial charge in [0, 0.05) is 12.2 Å². The number of nitrogens with one attached hydrogen (secondary N) is 1. The minimum Gasteiger partial charge on any atom is -0.487 e. The molecule has 1 aliphatic rings. The Kier molecular flexibility index (Phi) is 6.79. The average Bonchev–Trinajstić information content (AvgIpc) is 3.45. The number of halogens is 3. The molecule has 3 aromatic rings. The van der Waals surface area contributed by atoms with Crippen molar-refractivity contribution >= 4 is 17.6 Å². The van der Waals surface area contributed by atoms with Crippen LogP contribution < -0.4 is 15.0 Å². The maximum atomic E-state index is 13.5. The Balaban J connectivity index is 1.47. The highest BCUT2D eigenvalue weighted by Crippen LogP contribution is 2.34. The van der Waals surface area contributed by atoms with Gasteiger partial charge in [-0.15, -0.1) is 0 Å². The highest BCUT2D eigenvalue weighted by Gasteiger charge is 2.36. The first-order valence-corrected chi connectivity index (χ1v) is 10.8. The number of ether oxygens (including phenoxy) is 1. The second-order valence-corrected chi connectivity index (χ2v) is 8.02. The van der Waals surface area contributed by atoms with Crippen LogP contribution in [-0.4, -0.2) is 46.4 Å². The number of carboxylic acids is 1. The van der Waals surface area contributed by atoms with Gasteiger partial charge in [0.05, 0.1) is 12.1 Å². The molecule has 0 saturated carbocycles. The summed E-state index contributed by atoms with van der Waals surface area (Å²) in [5.41, 5.74) is 1.00. The van der Waals surface area contributed by atoms with Crippen molar-refractivity contribution in [2.75, 3.05) is 18.5 Å². The molecule has 0 radical (unpaired) electrons. The van der Waals surface area contributed by atoms with Gasteiger partial charge in [0.1, 0.15) is 29.8 Å². The lowest BCUT2D eigenvalue weighted by molar-refractivity contribution is -0.143. The molecule has 1 amide bonds. The van der Waals surface area contributed by atoms with E-state index in [4.69, 9.17) is 9.84 Å². The number of aliphatic carboxylic acids is 1. The molecule has 0 bridgehead atoms. The number of fused-ring (bicyclic) bond motifs is 1. The molecule has 0 aliphatic carbocycles. The molecule has 8 nitrogen and oxygen atoms in total. The molecular weight excluding hydrogens is 465 g/mol. The van der Waals surface area contributed by atoms with Gasteiger partial charge in [0.2, 0.25) is 5.91 Å². The zero-order valence-corrected chi connectivity index (χ0v) is 18.7. The van der Waals surface area contributed by atoms with E-state index in [1.807, 2.05) is 0 Å². The molecule has 2 heterocycles. The van der Waals surface area contributed by atoms with Crippen molar-refractivity contribution < 1.29 is 32.6 Å². The van der Waals surface area contributed by atoms with Gasteiger partial charge < -0.3 is 20.1 Å². The minimum atomic E-state index is -4.59. The third-order valence-electron chi connectivity index (χ3n) is 5.71. The van der Waals surface area contributed by atoms with E-state index in [0.717, 1.165) is 16.3 Å². The van der Waals surface area contributed by atoms with Crippen LogP contribution in [0.25, 0.3) is 5.69 Å². The molecule has 4 rings (SSSR count). The van der Waals surface area contributed by atoms with Gasteiger partial charge in [0.15, 0.2) is 0 Å². The molecule has 0 saturated heterocycles. The predicted molar refractivity (Wildman–Crippen MR) is 120 cm³/mol. The summed E-state index contributed by atoms with van der Waals surface area (Å²) in [7, 11) is 1.48. The van der Waals surface area contributed by atoms with Crippen LogP contribution in [0.3, 0.4) is 0 Å². The minimum absolute atomic E-state index is 0.116. The first-order valence-electron chi connectivity index (χ1n) is 10.8. The van der Waals surface area contributed by atoms with E-state index >= 15 is 0 Å². The quantitative estimate of drug-likeness (QED) is 0.505. The van der Waals surface area contributed by atoms with Crippen LogP contribution in [0, 0.1) is 0 Å². The third kappa shape index (κ3) is 5.29. The van der Waals surface area contributed by atoms with Crippen molar-refractivity contribution in [2.24, 2.45) is 0 Å². The molecule has 35 heavy (non-hydrogen) atoms. The van der Waals surface area contributed by atoms with Gasteiger partial charge in [0.25, 0.3) is 0 Å². The number of para-hydroxylation sites is 1. The topological polar surface area (TPSA) is 96.7 Å². The van der Waals surface area contributed by atoms with Crippen molar-refractivity contribution in [3.05, 3.63) is 71.5 Å². The molecule has 11 heteroatoms. The van der Waals surface area contributed by atoms with Crippen LogP contribution in [0.4, 0.5) is 18.9 Å². The molecular formula is C24H23F3N4O4. The number of benzene rings is 2. The van der Waals surface area contributed by atoms with E-state index in [2.05, 4.69) is 10.4 Å². The van der Waals surface area contributed by atoms with E-state index in [0.29, 0.717) is 24.4 Å². The summed E-state index contributed by atoms with van der Waals surface area (Å²) < 4.78 is 47.2. The Labute approximate surface area is 198 Å². The molecule has 184 valence electrons. The first kappa shape index (κ1) is 24.3. The number of carbonyl (C=O) groups is 2. The van der Waals surface area contributed by atoms with E-state index in [1.165, 1.54) is 24.1 Å². The Bertz CT molecular complexity index is 1230. The van der Waals surface area contributed by atoms with E-state index in [9.17, 15) is 22.8 Å². The molecule has 1 aliphatic heterocycles. The normalized spacial score (nSPS) is 14.0. The molecule has 0 fully saturated rings. The number of hydrogen-bond acceptors (Lipinski definition) is 5. The summed E-state index contributed by atoms with van der Waals surface area (Å²) in [6.45, 7) is 0.233. The molecule has 1 atom stereocenters. The standard InChI is InChI=1S/C24H23F3N4O4/c1-28-19(23(33)34)13-22(32)30-10-9-15-11-18(7-8-20(15)30)35-14-16-12-21(24(25,26)27)31(29-16)17-5-3-2-4-6-17/h2-8,11-12,19,28H,9-10,13-14H2,1H3,(H,33,34)/t19-/m1/s1. The maximum absolute atomic E-state index is 13.5. The number of carbonyl (C=O) groups excluding carboxylic acids is 1. The molecule has 2 N–H and O–H groups in total. The zero-order valence-electron chi connectivity index (χ0n) is 18.7. The van der Waals surface area contributed by atoms with Crippen molar-refractivity contribution in [3.63, 3.8) is 0 Å². The smallest absolute Gasteiger partial charge is 0.433 e. The van der Waals surface area contributed by atoms with Gasteiger partial charge in [-0.2, -0.15) is 18.3 Å². The number of hydrogen-bond donors (Lipinski definition) is 2. The highest BCUT2D eigenvalue weighted by molar-refractivity contribution is 5.98. The van der Waals surface area contributed by atoms with Crippen LogP contribution in [0.15, 0.2) is 54.6 Å². The third-order valence-corrected chi connectivity index (χ3v) is 5.71. The summed E-state index contributed by atoms with van der Waals surface area (Å²) in [4.78, 5) is 25.3.